The zero-order valence-corrected chi connectivity index (χ0v) is 25.4. The number of fused-ring (bicyclic) bond motifs is 7. The molecule has 0 aliphatic rings. The number of aryl methyl sites for hydroxylation is 2. The van der Waals surface area contributed by atoms with Gasteiger partial charge in [-0.1, -0.05) is 120 Å². The predicted octanol–water partition coefficient (Wildman–Crippen LogP) is 11.8. The second kappa shape index (κ2) is 10.4. The highest BCUT2D eigenvalue weighted by Gasteiger charge is 2.20. The van der Waals surface area contributed by atoms with Gasteiger partial charge in [-0.15, -0.1) is 0 Å². The molecule has 9 aromatic rings. The molecule has 0 saturated carbocycles. The van der Waals surface area contributed by atoms with Crippen LogP contribution in [-0.2, 0) is 0 Å². The van der Waals surface area contributed by atoms with Crippen molar-refractivity contribution in [3.63, 3.8) is 0 Å². The Morgan fingerprint density at radius 3 is 1.15 bits per heavy atom. The zero-order valence-electron chi connectivity index (χ0n) is 28.4. The summed E-state index contributed by atoms with van der Waals surface area (Å²) in [6.07, 6.45) is 0. The van der Waals surface area contributed by atoms with E-state index in [-0.39, 0.29) is 0 Å². The first-order valence-corrected chi connectivity index (χ1v) is 15.7. The maximum atomic E-state index is 7.70. The minimum atomic E-state index is -2.11. The Labute approximate surface area is 272 Å². The van der Waals surface area contributed by atoms with Crippen molar-refractivity contribution in [2.75, 3.05) is 0 Å². The van der Waals surface area contributed by atoms with Crippen molar-refractivity contribution in [2.45, 2.75) is 13.8 Å². The average molecular weight is 592 g/mol. The molecule has 0 N–H and O–H groups in total. The van der Waals surface area contributed by atoms with Crippen LogP contribution in [0, 0.1) is 13.8 Å². The molecule has 2 heterocycles. The lowest BCUT2D eigenvalue weighted by Crippen LogP contribution is -1.95. The fourth-order valence-corrected chi connectivity index (χ4v) is 7.09. The lowest BCUT2D eigenvalue weighted by atomic mass is 10.0. The Hall–Kier alpha value is -5.86. The monoisotopic (exact) mass is 591 g/mol. The van der Waals surface area contributed by atoms with Crippen molar-refractivity contribution in [2.24, 2.45) is 0 Å². The van der Waals surface area contributed by atoms with Crippen molar-refractivity contribution < 1.29 is 4.11 Å². The number of benzene rings is 7. The Kier molecular flexibility index (Phi) is 5.29. The smallest absolute Gasteiger partial charge is 0.0548 e. The fourth-order valence-electron chi connectivity index (χ4n) is 7.09. The summed E-state index contributed by atoms with van der Waals surface area (Å²) in [6.45, 7) is 0.00945. The van der Waals surface area contributed by atoms with Crippen LogP contribution < -0.4 is 0 Å². The lowest BCUT2D eigenvalue weighted by molar-refractivity contribution is 1.17. The number of para-hydroxylation sites is 2. The molecule has 0 saturated heterocycles. The number of nitrogens with zero attached hydrogens (tertiary/aromatic N) is 2. The van der Waals surface area contributed by atoms with E-state index in [1.807, 2.05) is 12.1 Å². The molecular formula is C44H32N2. The van der Waals surface area contributed by atoms with Gasteiger partial charge < -0.3 is 9.13 Å². The van der Waals surface area contributed by atoms with Crippen LogP contribution in [0.15, 0.2) is 158 Å². The minimum Gasteiger partial charge on any atom is -0.309 e. The first kappa shape index (κ1) is 23.5. The molecule has 7 aromatic carbocycles. The summed E-state index contributed by atoms with van der Waals surface area (Å²) in [5.41, 5.74) is 12.9. The summed E-state index contributed by atoms with van der Waals surface area (Å²) < 4.78 is 27.8. The third-order valence-corrected chi connectivity index (χ3v) is 9.33. The lowest BCUT2D eigenvalue weighted by Gasteiger charge is -2.11. The molecule has 0 bridgehead atoms. The highest BCUT2D eigenvalue weighted by Crippen LogP contribution is 2.42. The van der Waals surface area contributed by atoms with Gasteiger partial charge in [-0.25, -0.2) is 0 Å². The Morgan fingerprint density at radius 2 is 0.739 bits per heavy atom. The van der Waals surface area contributed by atoms with Crippen LogP contribution in [0.4, 0.5) is 0 Å². The number of rotatable bonds is 4. The molecule has 2 nitrogen and oxygen atoms in total. The summed E-state index contributed by atoms with van der Waals surface area (Å²) in [5, 5.41) is 4.93. The van der Waals surface area contributed by atoms with E-state index in [0.717, 1.165) is 33.5 Å². The summed E-state index contributed by atoms with van der Waals surface area (Å²) in [6, 6.07) is 55.2. The second-order valence-corrected chi connectivity index (χ2v) is 12.1. The molecule has 0 amide bonds. The van der Waals surface area contributed by atoms with Gasteiger partial charge in [0.2, 0.25) is 0 Å². The van der Waals surface area contributed by atoms with Gasteiger partial charge in [-0.3, -0.25) is 0 Å². The van der Waals surface area contributed by atoms with Gasteiger partial charge in [-0.2, -0.15) is 0 Å². The van der Waals surface area contributed by atoms with Gasteiger partial charge in [0, 0.05) is 37.0 Å². The van der Waals surface area contributed by atoms with Crippen LogP contribution in [0.2, 0.25) is 0 Å². The van der Waals surface area contributed by atoms with Crippen LogP contribution in [-0.4, -0.2) is 9.13 Å². The SMILES string of the molecule is [2H]C([2H])([2H])c1ccc(-c2ccc(-n3c4ccccc4c4c5c6ccccc6n(-c6ccc(-c7ccc(C)cc7)cc6)c5ccc43)cc2)cc1. The summed E-state index contributed by atoms with van der Waals surface area (Å²) >= 11 is 0. The van der Waals surface area contributed by atoms with Crippen LogP contribution in [0.5, 0.6) is 0 Å². The van der Waals surface area contributed by atoms with Gasteiger partial charge >= 0.3 is 0 Å². The van der Waals surface area contributed by atoms with Crippen molar-refractivity contribution in [1.29, 1.82) is 0 Å². The molecule has 0 radical (unpaired) electrons. The maximum Gasteiger partial charge on any atom is 0.0548 e. The van der Waals surface area contributed by atoms with Crippen LogP contribution in [0.3, 0.4) is 0 Å². The van der Waals surface area contributed by atoms with Gasteiger partial charge in [0.1, 0.15) is 0 Å². The average Bonchev–Trinajstić information content (AvgIpc) is 3.65. The molecule has 46 heavy (non-hydrogen) atoms. The molecule has 0 aliphatic heterocycles. The summed E-state index contributed by atoms with van der Waals surface area (Å²) in [7, 11) is 0. The van der Waals surface area contributed by atoms with E-state index in [4.69, 9.17) is 4.11 Å². The Bertz CT molecular complexity index is 2660. The van der Waals surface area contributed by atoms with E-state index < -0.39 is 6.85 Å². The Balaban J connectivity index is 1.21. The van der Waals surface area contributed by atoms with Crippen molar-refractivity contribution >= 4 is 43.6 Å². The molecule has 2 aromatic heterocycles. The van der Waals surface area contributed by atoms with Gasteiger partial charge in [-0.05, 0) is 84.6 Å². The number of aromatic nitrogens is 2. The van der Waals surface area contributed by atoms with E-state index in [9.17, 15) is 0 Å². The molecule has 0 fully saturated rings. The summed E-state index contributed by atoms with van der Waals surface area (Å²) in [5.74, 6) is 0. The van der Waals surface area contributed by atoms with Crippen LogP contribution in [0.1, 0.15) is 15.2 Å². The van der Waals surface area contributed by atoms with Gasteiger partial charge in [0.25, 0.3) is 0 Å². The van der Waals surface area contributed by atoms with E-state index in [2.05, 4.69) is 150 Å². The topological polar surface area (TPSA) is 9.86 Å². The molecule has 9 rings (SSSR count). The molecule has 0 spiro atoms. The molecule has 0 aliphatic carbocycles. The second-order valence-electron chi connectivity index (χ2n) is 12.1. The highest BCUT2D eigenvalue weighted by molar-refractivity contribution is 6.28. The fraction of sp³-hybridized carbons (Fsp3) is 0.0455. The van der Waals surface area contributed by atoms with Crippen molar-refractivity contribution in [3.8, 4) is 33.6 Å². The first-order chi connectivity index (χ1) is 23.8. The third kappa shape index (κ3) is 4.11. The third-order valence-electron chi connectivity index (χ3n) is 9.33. The quantitative estimate of drug-likeness (QED) is 0.193. The van der Waals surface area contributed by atoms with Gasteiger partial charge in [0.15, 0.2) is 0 Å². The molecular weight excluding hydrogens is 556 g/mol. The zero-order chi connectivity index (χ0) is 33.3. The van der Waals surface area contributed by atoms with E-state index >= 15 is 0 Å². The van der Waals surface area contributed by atoms with Crippen LogP contribution in [0.25, 0.3) is 77.2 Å². The predicted molar refractivity (Wildman–Crippen MR) is 195 cm³/mol. The highest BCUT2D eigenvalue weighted by atomic mass is 15.0. The molecule has 218 valence electrons. The normalized spacial score (nSPS) is 12.9. The van der Waals surface area contributed by atoms with Crippen LogP contribution >= 0.6 is 0 Å². The van der Waals surface area contributed by atoms with E-state index in [0.29, 0.717) is 5.56 Å². The van der Waals surface area contributed by atoms with Crippen molar-refractivity contribution in [3.05, 3.63) is 169 Å². The molecule has 0 unspecified atom stereocenters. The molecule has 2 heteroatoms. The van der Waals surface area contributed by atoms with Gasteiger partial charge in [0.05, 0.1) is 22.1 Å². The number of hydrogen-bond donors (Lipinski definition) is 0. The van der Waals surface area contributed by atoms with E-state index in [1.54, 1.807) is 12.1 Å². The minimum absolute atomic E-state index is 0.352. The van der Waals surface area contributed by atoms with Crippen molar-refractivity contribution in [1.82, 2.24) is 9.13 Å². The summed E-state index contributed by atoms with van der Waals surface area (Å²) in [4.78, 5) is 0. The largest absolute Gasteiger partial charge is 0.309 e. The standard InChI is InChI=1S/C44H32N2/c1-29-11-15-31(16-12-29)33-19-23-35(24-20-33)45-39-9-5-3-7-37(39)43-41(45)27-28-42-44(43)38-8-4-6-10-40(38)46(42)36-25-21-34(22-26-36)32-17-13-30(2)14-18-32/h3-28H,1-2H3/i1D3. The number of hydrogen-bond acceptors (Lipinski definition) is 0. The Morgan fingerprint density at radius 1 is 0.370 bits per heavy atom. The first-order valence-electron chi connectivity index (χ1n) is 17.2. The van der Waals surface area contributed by atoms with E-state index in [1.165, 1.54) is 49.3 Å². The molecule has 0 atom stereocenters. The maximum absolute atomic E-state index is 7.70.